The van der Waals surface area contributed by atoms with E-state index in [1.54, 1.807) is 0 Å². The van der Waals surface area contributed by atoms with Crippen LogP contribution >= 0.6 is 0 Å². The molecule has 10 nitrogen and oxygen atoms in total. The number of hydrogen-bond donors (Lipinski definition) is 2. The first kappa shape index (κ1) is 37.9. The van der Waals surface area contributed by atoms with E-state index in [0.717, 1.165) is 57.3 Å². The van der Waals surface area contributed by atoms with Gasteiger partial charge in [0, 0.05) is 29.2 Å². The van der Waals surface area contributed by atoms with Gasteiger partial charge in [0.25, 0.3) is 25.8 Å². The van der Waals surface area contributed by atoms with Crippen LogP contribution in [0.25, 0.3) is 28.3 Å². The number of aryl methyl sites for hydroxylation is 1. The summed E-state index contributed by atoms with van der Waals surface area (Å²) in [6.07, 6.45) is 13.1. The van der Waals surface area contributed by atoms with Crippen LogP contribution < -0.4 is 4.57 Å². The van der Waals surface area contributed by atoms with Gasteiger partial charge in [-0.15, -0.1) is 0 Å². The van der Waals surface area contributed by atoms with E-state index in [-0.39, 0.29) is 19.4 Å². The van der Waals surface area contributed by atoms with Crippen LogP contribution in [0, 0.1) is 0 Å². The standard InChI is InChI=1S/C41H42N2O8S2/c1-2-30(27-39-43(23-13-25-53(47,48)49)37-28-34(21-22-38(37)51-39)32-16-8-4-9-17-32)26-36-35(20-12-24-52(44,45)46)41(50-29-31-14-6-3-7-15-31)42-40(36)33-18-10-5-11-19-33/h3-6,8-11,14,16-19,21-22,26-28H,2,7,12-13,15,20,23-25,29H2,1H3,(H-,44,45,46,47,48,49)/p+1. The van der Waals surface area contributed by atoms with Crippen LogP contribution in [0.2, 0.25) is 0 Å². The third kappa shape index (κ3) is 10.2. The van der Waals surface area contributed by atoms with Gasteiger partial charge in [-0.1, -0.05) is 91.9 Å². The summed E-state index contributed by atoms with van der Waals surface area (Å²) in [6, 6.07) is 25.5. The Hall–Kier alpha value is -4.88. The van der Waals surface area contributed by atoms with E-state index in [4.69, 9.17) is 14.1 Å². The average molecular weight is 756 g/mol. The number of ether oxygens (including phenoxy) is 1. The van der Waals surface area contributed by atoms with Crippen molar-refractivity contribution in [1.29, 1.82) is 0 Å². The SMILES string of the molecule is CCC(=Cc1oc2ccc(-c3ccccc3)cc2[n+]1CCCS(=O)(=O)O)C=C1C(c2ccccc2)=NC(OCC2=CC=CCC2)=C1CCCS(=O)(=O)O. The molecule has 1 aliphatic carbocycles. The van der Waals surface area contributed by atoms with Crippen molar-refractivity contribution in [2.45, 2.75) is 52.0 Å². The number of fused-ring (bicyclic) bond motifs is 1. The molecule has 0 bridgehead atoms. The van der Waals surface area contributed by atoms with Crippen molar-refractivity contribution in [2.24, 2.45) is 4.99 Å². The van der Waals surface area contributed by atoms with Crippen molar-refractivity contribution in [3.05, 3.63) is 143 Å². The molecule has 2 N–H and O–H groups in total. The van der Waals surface area contributed by atoms with Crippen LogP contribution in [0.3, 0.4) is 0 Å². The fourth-order valence-corrected chi connectivity index (χ4v) is 7.43. The van der Waals surface area contributed by atoms with Crippen LogP contribution in [-0.4, -0.2) is 49.8 Å². The first-order valence-electron chi connectivity index (χ1n) is 17.7. The Kier molecular flexibility index (Phi) is 12.0. The molecule has 0 saturated carbocycles. The summed E-state index contributed by atoms with van der Waals surface area (Å²) in [4.78, 5) is 4.98. The number of rotatable bonds is 16. The van der Waals surface area contributed by atoms with Gasteiger partial charge in [-0.05, 0) is 66.5 Å². The van der Waals surface area contributed by atoms with Gasteiger partial charge < -0.3 is 9.15 Å². The molecule has 12 heteroatoms. The molecule has 0 fully saturated rings. The lowest BCUT2D eigenvalue weighted by Gasteiger charge is -2.13. The topological polar surface area (TPSA) is 147 Å². The zero-order valence-electron chi connectivity index (χ0n) is 29.5. The molecule has 0 radical (unpaired) electrons. The number of aromatic nitrogens is 1. The number of oxazole rings is 1. The van der Waals surface area contributed by atoms with E-state index >= 15 is 0 Å². The predicted octanol–water partition coefficient (Wildman–Crippen LogP) is 8.06. The minimum atomic E-state index is -4.19. The summed E-state index contributed by atoms with van der Waals surface area (Å²) in [5, 5.41) is 0. The van der Waals surface area contributed by atoms with Crippen LogP contribution in [-0.2, 0) is 31.5 Å². The first-order valence-corrected chi connectivity index (χ1v) is 20.9. The maximum absolute atomic E-state index is 11.7. The third-order valence-corrected chi connectivity index (χ3v) is 10.7. The van der Waals surface area contributed by atoms with Crippen LogP contribution in [0.5, 0.6) is 0 Å². The molecule has 53 heavy (non-hydrogen) atoms. The summed E-state index contributed by atoms with van der Waals surface area (Å²) in [7, 11) is -8.36. The van der Waals surface area contributed by atoms with E-state index in [9.17, 15) is 25.9 Å². The van der Waals surface area contributed by atoms with Crippen molar-refractivity contribution < 1.29 is 39.7 Å². The second-order valence-corrected chi connectivity index (χ2v) is 16.1. The Morgan fingerprint density at radius 1 is 0.906 bits per heavy atom. The summed E-state index contributed by atoms with van der Waals surface area (Å²) < 4.78 is 80.5. The normalized spacial score (nSPS) is 16.1. The molecule has 0 unspecified atom stereocenters. The molecule has 1 aromatic heterocycles. The number of aliphatic imine (C=N–C) groups is 1. The molecule has 0 amide bonds. The van der Waals surface area contributed by atoms with E-state index < -0.39 is 31.7 Å². The molecular weight excluding hydrogens is 713 g/mol. The maximum atomic E-state index is 11.7. The summed E-state index contributed by atoms with van der Waals surface area (Å²) >= 11 is 0. The quantitative estimate of drug-likeness (QED) is 0.0863. The van der Waals surface area contributed by atoms with E-state index in [2.05, 4.69) is 6.08 Å². The van der Waals surface area contributed by atoms with Crippen LogP contribution in [0.1, 0.15) is 56.9 Å². The Morgan fingerprint density at radius 3 is 2.26 bits per heavy atom. The van der Waals surface area contributed by atoms with Crippen molar-refractivity contribution in [3.63, 3.8) is 0 Å². The fraction of sp³-hybridized carbons (Fsp3) is 0.268. The van der Waals surface area contributed by atoms with Gasteiger partial charge in [0.05, 0.1) is 23.3 Å². The third-order valence-electron chi connectivity index (χ3n) is 9.09. The highest BCUT2D eigenvalue weighted by atomic mass is 32.2. The largest absolute Gasteiger partial charge is 0.473 e. The highest BCUT2D eigenvalue weighted by Crippen LogP contribution is 2.35. The van der Waals surface area contributed by atoms with Gasteiger partial charge in [-0.2, -0.15) is 21.4 Å². The van der Waals surface area contributed by atoms with Gasteiger partial charge in [0.2, 0.25) is 11.5 Å². The Labute approximate surface area is 310 Å². The molecule has 0 saturated heterocycles. The predicted molar refractivity (Wildman–Crippen MR) is 207 cm³/mol. The molecule has 2 aliphatic rings. The molecule has 4 aromatic rings. The zero-order chi connectivity index (χ0) is 37.4. The fourth-order valence-electron chi connectivity index (χ4n) is 6.43. The van der Waals surface area contributed by atoms with E-state index in [0.29, 0.717) is 42.5 Å². The molecule has 0 spiro atoms. The van der Waals surface area contributed by atoms with Crippen LogP contribution in [0.15, 0.2) is 141 Å². The lowest BCUT2D eigenvalue weighted by atomic mass is 9.93. The maximum Gasteiger partial charge on any atom is 0.374 e. The molecular formula is C41H43N2O8S2+. The lowest BCUT2D eigenvalue weighted by molar-refractivity contribution is -0.677. The summed E-state index contributed by atoms with van der Waals surface area (Å²) in [6.45, 7) is 2.62. The first-order chi connectivity index (χ1) is 25.5. The van der Waals surface area contributed by atoms with Crippen molar-refractivity contribution in [1.82, 2.24) is 0 Å². The molecule has 1 aliphatic heterocycles. The molecule has 6 rings (SSSR count). The smallest absolute Gasteiger partial charge is 0.374 e. The van der Waals surface area contributed by atoms with Crippen molar-refractivity contribution in [2.75, 3.05) is 18.1 Å². The van der Waals surface area contributed by atoms with E-state index in [1.165, 1.54) is 0 Å². The monoisotopic (exact) mass is 755 g/mol. The van der Waals surface area contributed by atoms with Gasteiger partial charge in [0.15, 0.2) is 6.54 Å². The molecule has 2 heterocycles. The van der Waals surface area contributed by atoms with Gasteiger partial charge >= 0.3 is 5.89 Å². The second kappa shape index (κ2) is 16.9. The Morgan fingerprint density at radius 2 is 1.60 bits per heavy atom. The van der Waals surface area contributed by atoms with Gasteiger partial charge in [0.1, 0.15) is 6.61 Å². The number of allylic oxidation sites excluding steroid dienone is 7. The molecule has 276 valence electrons. The number of hydrogen-bond acceptors (Lipinski definition) is 7. The number of benzene rings is 3. The lowest BCUT2D eigenvalue weighted by Crippen LogP contribution is -2.36. The van der Waals surface area contributed by atoms with Gasteiger partial charge in [-0.3, -0.25) is 9.11 Å². The minimum Gasteiger partial charge on any atom is -0.473 e. The van der Waals surface area contributed by atoms with E-state index in [1.807, 2.05) is 115 Å². The molecule has 0 atom stereocenters. The summed E-state index contributed by atoms with van der Waals surface area (Å²) in [5.74, 6) is 0.103. The van der Waals surface area contributed by atoms with Crippen LogP contribution in [0.4, 0.5) is 0 Å². The van der Waals surface area contributed by atoms with Crippen molar-refractivity contribution >= 4 is 43.1 Å². The molecule has 3 aromatic carbocycles. The average Bonchev–Trinajstić information content (AvgIpc) is 3.66. The minimum absolute atomic E-state index is 0.160. The second-order valence-electron chi connectivity index (χ2n) is 13.0. The van der Waals surface area contributed by atoms with Gasteiger partial charge in [-0.25, -0.2) is 4.99 Å². The zero-order valence-corrected chi connectivity index (χ0v) is 31.2. The van der Waals surface area contributed by atoms with Crippen molar-refractivity contribution in [3.8, 4) is 11.1 Å². The highest BCUT2D eigenvalue weighted by Gasteiger charge is 2.28. The Bertz CT molecular complexity index is 2370. The summed E-state index contributed by atoms with van der Waals surface area (Å²) in [5.41, 5.74) is 8.41. The highest BCUT2D eigenvalue weighted by molar-refractivity contribution is 7.86. The Balaban J connectivity index is 1.45. The number of nitrogens with zero attached hydrogens (tertiary/aromatic N) is 2.